The standard InChI is InChI=1S/C17H20OS/c18-14-16-10-6-11-17(13-16)19-12-5-4-9-15-7-2-1-3-8-15/h1-3,6-8,10-11,13,18H,4-5,9,12,14H2. The molecule has 0 aliphatic carbocycles. The summed E-state index contributed by atoms with van der Waals surface area (Å²) < 4.78 is 0. The van der Waals surface area contributed by atoms with Gasteiger partial charge in [0, 0.05) is 4.90 Å². The molecule has 2 aromatic carbocycles. The smallest absolute Gasteiger partial charge is 0.0682 e. The lowest BCUT2D eigenvalue weighted by molar-refractivity contribution is 0.281. The summed E-state index contributed by atoms with van der Waals surface area (Å²) in [4.78, 5) is 1.26. The Bertz CT molecular complexity index is 482. The highest BCUT2D eigenvalue weighted by atomic mass is 32.2. The second kappa shape index (κ2) is 8.03. The first-order valence-electron chi connectivity index (χ1n) is 6.75. The van der Waals surface area contributed by atoms with Crippen LogP contribution in [0.5, 0.6) is 0 Å². The molecule has 1 N–H and O–H groups in total. The molecule has 0 aliphatic rings. The van der Waals surface area contributed by atoms with E-state index in [1.165, 1.54) is 23.3 Å². The Morgan fingerprint density at radius 3 is 2.42 bits per heavy atom. The first-order chi connectivity index (χ1) is 9.38. The fraction of sp³-hybridized carbons (Fsp3) is 0.294. The quantitative estimate of drug-likeness (QED) is 0.599. The first kappa shape index (κ1) is 14.2. The van der Waals surface area contributed by atoms with Gasteiger partial charge in [-0.05, 0) is 48.3 Å². The van der Waals surface area contributed by atoms with Gasteiger partial charge < -0.3 is 5.11 Å². The summed E-state index contributed by atoms with van der Waals surface area (Å²) >= 11 is 1.87. The van der Waals surface area contributed by atoms with Gasteiger partial charge in [0.1, 0.15) is 0 Å². The lowest BCUT2D eigenvalue weighted by Crippen LogP contribution is -1.88. The van der Waals surface area contributed by atoms with Gasteiger partial charge in [0.15, 0.2) is 0 Å². The van der Waals surface area contributed by atoms with Crippen LogP contribution in [0.4, 0.5) is 0 Å². The monoisotopic (exact) mass is 272 g/mol. The van der Waals surface area contributed by atoms with Crippen molar-refractivity contribution >= 4 is 11.8 Å². The first-order valence-corrected chi connectivity index (χ1v) is 7.73. The molecule has 2 rings (SSSR count). The van der Waals surface area contributed by atoms with Crippen LogP contribution in [-0.2, 0) is 13.0 Å². The predicted molar refractivity (Wildman–Crippen MR) is 82.5 cm³/mol. The molecule has 0 heterocycles. The van der Waals surface area contributed by atoms with Crippen molar-refractivity contribution in [2.45, 2.75) is 30.8 Å². The summed E-state index contributed by atoms with van der Waals surface area (Å²) in [5.74, 6) is 1.14. The highest BCUT2D eigenvalue weighted by Crippen LogP contribution is 2.21. The summed E-state index contributed by atoms with van der Waals surface area (Å²) in [5.41, 5.74) is 2.42. The Hall–Kier alpha value is -1.25. The van der Waals surface area contributed by atoms with Crippen molar-refractivity contribution in [3.8, 4) is 0 Å². The lowest BCUT2D eigenvalue weighted by atomic mass is 10.1. The molecule has 2 aromatic rings. The lowest BCUT2D eigenvalue weighted by Gasteiger charge is -2.04. The van der Waals surface area contributed by atoms with Gasteiger partial charge in [-0.1, -0.05) is 42.5 Å². The van der Waals surface area contributed by atoms with Crippen LogP contribution in [0.2, 0.25) is 0 Å². The normalized spacial score (nSPS) is 10.6. The van der Waals surface area contributed by atoms with Gasteiger partial charge in [0.05, 0.1) is 6.61 Å². The highest BCUT2D eigenvalue weighted by molar-refractivity contribution is 7.99. The maximum atomic E-state index is 9.09. The van der Waals surface area contributed by atoms with Gasteiger partial charge in [0.2, 0.25) is 0 Å². The molecule has 0 radical (unpaired) electrons. The maximum Gasteiger partial charge on any atom is 0.0682 e. The van der Waals surface area contributed by atoms with Crippen molar-refractivity contribution in [3.05, 3.63) is 65.7 Å². The van der Waals surface area contributed by atoms with Crippen LogP contribution in [0.15, 0.2) is 59.5 Å². The van der Waals surface area contributed by atoms with Gasteiger partial charge in [-0.3, -0.25) is 0 Å². The van der Waals surface area contributed by atoms with Crippen LogP contribution < -0.4 is 0 Å². The molecule has 0 aromatic heterocycles. The van der Waals surface area contributed by atoms with E-state index >= 15 is 0 Å². The zero-order chi connectivity index (χ0) is 13.3. The average molecular weight is 272 g/mol. The molecule has 0 atom stereocenters. The SMILES string of the molecule is OCc1cccc(SCCCCc2ccccc2)c1. The molecule has 0 saturated heterocycles. The van der Waals surface area contributed by atoms with E-state index in [-0.39, 0.29) is 6.61 Å². The van der Waals surface area contributed by atoms with E-state index in [1.807, 2.05) is 23.9 Å². The Balaban J connectivity index is 1.66. The summed E-state index contributed by atoms with van der Waals surface area (Å²) in [6, 6.07) is 18.8. The van der Waals surface area contributed by atoms with Crippen LogP contribution in [0, 0.1) is 0 Å². The van der Waals surface area contributed by atoms with Crippen LogP contribution in [0.1, 0.15) is 24.0 Å². The number of thioether (sulfide) groups is 1. The molecular formula is C17H20OS. The van der Waals surface area contributed by atoms with E-state index in [4.69, 9.17) is 5.11 Å². The topological polar surface area (TPSA) is 20.2 Å². The Morgan fingerprint density at radius 2 is 1.63 bits per heavy atom. The number of unbranched alkanes of at least 4 members (excludes halogenated alkanes) is 1. The molecule has 0 fully saturated rings. The van der Waals surface area contributed by atoms with E-state index in [0.29, 0.717) is 0 Å². The molecular weight excluding hydrogens is 252 g/mol. The van der Waals surface area contributed by atoms with E-state index < -0.39 is 0 Å². The van der Waals surface area contributed by atoms with Crippen LogP contribution in [0.3, 0.4) is 0 Å². The van der Waals surface area contributed by atoms with E-state index in [2.05, 4.69) is 42.5 Å². The van der Waals surface area contributed by atoms with Crippen molar-refractivity contribution in [1.29, 1.82) is 0 Å². The molecule has 0 spiro atoms. The molecule has 100 valence electrons. The number of aryl methyl sites for hydroxylation is 1. The predicted octanol–water partition coefficient (Wildman–Crippen LogP) is 4.29. The number of hydrogen-bond acceptors (Lipinski definition) is 2. The highest BCUT2D eigenvalue weighted by Gasteiger charge is 1.97. The van der Waals surface area contributed by atoms with Gasteiger partial charge in [-0.25, -0.2) is 0 Å². The average Bonchev–Trinajstić information content (AvgIpc) is 2.48. The number of aliphatic hydroxyl groups excluding tert-OH is 1. The molecule has 0 aliphatic heterocycles. The third-order valence-electron chi connectivity index (χ3n) is 3.05. The zero-order valence-electron chi connectivity index (χ0n) is 11.1. The van der Waals surface area contributed by atoms with Gasteiger partial charge in [-0.15, -0.1) is 11.8 Å². The second-order valence-electron chi connectivity index (χ2n) is 4.60. The van der Waals surface area contributed by atoms with Crippen molar-refractivity contribution in [1.82, 2.24) is 0 Å². The summed E-state index contributed by atoms with van der Waals surface area (Å²) in [7, 11) is 0. The molecule has 1 nitrogen and oxygen atoms in total. The van der Waals surface area contributed by atoms with E-state index in [9.17, 15) is 0 Å². The van der Waals surface area contributed by atoms with Crippen molar-refractivity contribution in [2.24, 2.45) is 0 Å². The minimum absolute atomic E-state index is 0.127. The summed E-state index contributed by atoms with van der Waals surface area (Å²) in [6.07, 6.45) is 3.62. The summed E-state index contributed by atoms with van der Waals surface area (Å²) in [6.45, 7) is 0.127. The minimum atomic E-state index is 0.127. The van der Waals surface area contributed by atoms with E-state index in [1.54, 1.807) is 0 Å². The fourth-order valence-corrected chi connectivity index (χ4v) is 2.99. The fourth-order valence-electron chi connectivity index (χ4n) is 2.00. The molecule has 0 unspecified atom stereocenters. The number of aliphatic hydroxyl groups is 1. The third kappa shape index (κ3) is 5.09. The van der Waals surface area contributed by atoms with Gasteiger partial charge in [-0.2, -0.15) is 0 Å². The van der Waals surface area contributed by atoms with Crippen molar-refractivity contribution in [2.75, 3.05) is 5.75 Å². The van der Waals surface area contributed by atoms with Gasteiger partial charge >= 0.3 is 0 Å². The number of hydrogen-bond donors (Lipinski definition) is 1. The largest absolute Gasteiger partial charge is 0.392 e. The number of rotatable bonds is 7. The zero-order valence-corrected chi connectivity index (χ0v) is 11.9. The Labute approximate surface area is 119 Å². The van der Waals surface area contributed by atoms with Crippen molar-refractivity contribution in [3.63, 3.8) is 0 Å². The summed E-state index contributed by atoms with van der Waals surface area (Å²) in [5, 5.41) is 9.09. The third-order valence-corrected chi connectivity index (χ3v) is 4.13. The minimum Gasteiger partial charge on any atom is -0.392 e. The van der Waals surface area contributed by atoms with E-state index in [0.717, 1.165) is 17.7 Å². The molecule has 19 heavy (non-hydrogen) atoms. The Kier molecular flexibility index (Phi) is 5.99. The molecule has 0 saturated carbocycles. The van der Waals surface area contributed by atoms with Gasteiger partial charge in [0.25, 0.3) is 0 Å². The molecule has 0 amide bonds. The van der Waals surface area contributed by atoms with Crippen molar-refractivity contribution < 1.29 is 5.11 Å². The number of benzene rings is 2. The molecule has 2 heteroatoms. The van der Waals surface area contributed by atoms with Crippen LogP contribution in [0.25, 0.3) is 0 Å². The maximum absolute atomic E-state index is 9.09. The van der Waals surface area contributed by atoms with Crippen LogP contribution >= 0.6 is 11.8 Å². The Morgan fingerprint density at radius 1 is 0.842 bits per heavy atom. The molecule has 0 bridgehead atoms. The second-order valence-corrected chi connectivity index (χ2v) is 5.77. The van der Waals surface area contributed by atoms with Crippen LogP contribution in [-0.4, -0.2) is 10.9 Å².